The van der Waals surface area contributed by atoms with Gasteiger partial charge in [0.05, 0.1) is 5.56 Å². The van der Waals surface area contributed by atoms with Crippen molar-refractivity contribution in [1.29, 1.82) is 0 Å². The number of carbonyl (C=O) groups is 2. The fourth-order valence-electron chi connectivity index (χ4n) is 1.95. The van der Waals surface area contributed by atoms with Crippen molar-refractivity contribution in [3.8, 4) is 0 Å². The van der Waals surface area contributed by atoms with Crippen molar-refractivity contribution in [3.63, 3.8) is 0 Å². The fourth-order valence-corrected chi connectivity index (χ4v) is 1.95. The number of hydrogen-bond donors (Lipinski definition) is 4. The number of aryl methyl sites for hydroxylation is 1. The first-order valence-corrected chi connectivity index (χ1v) is 7.18. The number of carboxylic acids is 1. The summed E-state index contributed by atoms with van der Waals surface area (Å²) in [4.78, 5) is 22.5. The largest absolute Gasteiger partial charge is 0.478 e. The van der Waals surface area contributed by atoms with E-state index in [4.69, 9.17) is 9.84 Å². The molecule has 0 fully saturated rings. The number of aliphatic hydroxyl groups is 2. The van der Waals surface area contributed by atoms with Gasteiger partial charge in [0.15, 0.2) is 0 Å². The molecular formula is C16H23NO6. The van der Waals surface area contributed by atoms with E-state index in [0.717, 1.165) is 0 Å². The molecule has 2 atom stereocenters. The summed E-state index contributed by atoms with van der Waals surface area (Å²) < 4.78 is 5.03. The molecule has 0 aliphatic rings. The van der Waals surface area contributed by atoms with E-state index in [-0.39, 0.29) is 12.1 Å². The molecule has 1 aromatic carbocycles. The lowest BCUT2D eigenvalue weighted by Gasteiger charge is -2.22. The summed E-state index contributed by atoms with van der Waals surface area (Å²) in [6.45, 7) is 6.54. The third kappa shape index (κ3) is 5.88. The van der Waals surface area contributed by atoms with Crippen molar-refractivity contribution in [1.82, 2.24) is 5.32 Å². The van der Waals surface area contributed by atoms with Crippen LogP contribution in [-0.4, -0.2) is 45.6 Å². The summed E-state index contributed by atoms with van der Waals surface area (Å²) in [5.41, 5.74) is 0.312. The Bertz CT molecular complexity index is 578. The lowest BCUT2D eigenvalue weighted by Crippen LogP contribution is -2.38. The number of rotatable bonds is 5. The van der Waals surface area contributed by atoms with Crippen LogP contribution in [0.2, 0.25) is 0 Å². The van der Waals surface area contributed by atoms with Gasteiger partial charge in [-0.2, -0.15) is 0 Å². The molecule has 23 heavy (non-hydrogen) atoms. The molecular weight excluding hydrogens is 302 g/mol. The molecule has 4 N–H and O–H groups in total. The minimum atomic E-state index is -1.26. The lowest BCUT2D eigenvalue weighted by atomic mass is 9.99. The lowest BCUT2D eigenvalue weighted by molar-refractivity contribution is 0.0129. The fraction of sp³-hybridized carbons (Fsp3) is 0.500. The summed E-state index contributed by atoms with van der Waals surface area (Å²) in [5, 5.41) is 31.4. The first-order valence-electron chi connectivity index (χ1n) is 7.18. The van der Waals surface area contributed by atoms with Crippen molar-refractivity contribution >= 4 is 12.1 Å². The number of ether oxygens (including phenoxy) is 1. The Hall–Kier alpha value is -2.12. The maximum Gasteiger partial charge on any atom is 0.407 e. The molecule has 0 heterocycles. The highest BCUT2D eigenvalue weighted by atomic mass is 16.6. The van der Waals surface area contributed by atoms with Crippen LogP contribution in [0.25, 0.3) is 0 Å². The predicted molar refractivity (Wildman–Crippen MR) is 83.3 cm³/mol. The van der Waals surface area contributed by atoms with Crippen LogP contribution in [0.3, 0.4) is 0 Å². The third-order valence-electron chi connectivity index (χ3n) is 3.04. The van der Waals surface area contributed by atoms with Crippen LogP contribution in [0.15, 0.2) is 18.2 Å². The standard InChI is InChI=1S/C16H23NO6/c1-9-7-10(5-6-11(9)14(20)21)13(19)12(18)8-17-15(22)23-16(2,3)4/h5-7,12-13,18-19H,8H2,1-4H3,(H,17,22)(H,20,21). The number of aromatic carboxylic acids is 1. The van der Waals surface area contributed by atoms with E-state index >= 15 is 0 Å². The average Bonchev–Trinajstić information content (AvgIpc) is 2.41. The number of nitrogens with one attached hydrogen (secondary N) is 1. The first kappa shape index (κ1) is 18.9. The molecule has 128 valence electrons. The van der Waals surface area contributed by atoms with Crippen LogP contribution in [0, 0.1) is 6.92 Å². The summed E-state index contributed by atoms with van der Waals surface area (Å²) >= 11 is 0. The zero-order valence-electron chi connectivity index (χ0n) is 13.7. The maximum atomic E-state index is 11.5. The van der Waals surface area contributed by atoms with Crippen LogP contribution in [0.1, 0.15) is 48.4 Å². The molecule has 7 heteroatoms. The van der Waals surface area contributed by atoms with Gasteiger partial charge in [-0.15, -0.1) is 0 Å². The molecule has 1 amide bonds. The van der Waals surface area contributed by atoms with Gasteiger partial charge in [0, 0.05) is 6.54 Å². The highest BCUT2D eigenvalue weighted by molar-refractivity contribution is 5.89. The number of hydrogen-bond acceptors (Lipinski definition) is 5. The number of aliphatic hydroxyl groups excluding tert-OH is 2. The molecule has 0 bridgehead atoms. The van der Waals surface area contributed by atoms with Crippen molar-refractivity contribution in [3.05, 3.63) is 34.9 Å². The molecule has 2 unspecified atom stereocenters. The van der Waals surface area contributed by atoms with Gasteiger partial charge in [-0.3, -0.25) is 0 Å². The maximum absolute atomic E-state index is 11.5. The Balaban J connectivity index is 2.66. The second-order valence-corrected chi connectivity index (χ2v) is 6.27. The average molecular weight is 325 g/mol. The van der Waals surface area contributed by atoms with E-state index < -0.39 is 29.9 Å². The minimum absolute atomic E-state index is 0.127. The number of carboxylic acid groups (broad SMARTS) is 1. The molecule has 1 rings (SSSR count). The highest BCUT2D eigenvalue weighted by Gasteiger charge is 2.22. The van der Waals surface area contributed by atoms with E-state index in [9.17, 15) is 19.8 Å². The quantitative estimate of drug-likeness (QED) is 0.653. The second-order valence-electron chi connectivity index (χ2n) is 6.27. The van der Waals surface area contributed by atoms with Crippen LogP contribution in [0.4, 0.5) is 4.79 Å². The zero-order valence-corrected chi connectivity index (χ0v) is 13.7. The predicted octanol–water partition coefficient (Wildman–Crippen LogP) is 1.61. The molecule has 0 aliphatic heterocycles. The number of carbonyl (C=O) groups excluding carboxylic acids is 1. The van der Waals surface area contributed by atoms with Gasteiger partial charge in [0.1, 0.15) is 17.8 Å². The summed E-state index contributed by atoms with van der Waals surface area (Å²) in [6, 6.07) is 4.28. The zero-order chi connectivity index (χ0) is 17.8. The normalized spacial score (nSPS) is 14.0. The summed E-state index contributed by atoms with van der Waals surface area (Å²) in [6.07, 6.45) is -3.20. The molecule has 7 nitrogen and oxygen atoms in total. The minimum Gasteiger partial charge on any atom is -0.478 e. The molecule has 0 aromatic heterocycles. The molecule has 0 saturated carbocycles. The monoisotopic (exact) mass is 325 g/mol. The third-order valence-corrected chi connectivity index (χ3v) is 3.04. The van der Waals surface area contributed by atoms with E-state index in [2.05, 4.69) is 5.32 Å². The van der Waals surface area contributed by atoms with Crippen molar-refractivity contribution in [2.75, 3.05) is 6.54 Å². The van der Waals surface area contributed by atoms with Gasteiger partial charge in [-0.1, -0.05) is 12.1 Å². The molecule has 0 aliphatic carbocycles. The summed E-state index contributed by atoms with van der Waals surface area (Å²) in [5.74, 6) is -1.06. The Morgan fingerprint density at radius 2 is 1.87 bits per heavy atom. The van der Waals surface area contributed by atoms with Crippen LogP contribution >= 0.6 is 0 Å². The van der Waals surface area contributed by atoms with Crippen molar-refractivity contribution < 1.29 is 29.6 Å². The van der Waals surface area contributed by atoms with Crippen molar-refractivity contribution in [2.45, 2.75) is 45.5 Å². The molecule has 0 saturated heterocycles. The van der Waals surface area contributed by atoms with Gasteiger partial charge < -0.3 is 25.4 Å². The highest BCUT2D eigenvalue weighted by Crippen LogP contribution is 2.20. The van der Waals surface area contributed by atoms with Gasteiger partial charge in [0.2, 0.25) is 0 Å². The first-order chi connectivity index (χ1) is 10.5. The topological polar surface area (TPSA) is 116 Å². The molecule has 0 radical (unpaired) electrons. The second kappa shape index (κ2) is 7.43. The smallest absolute Gasteiger partial charge is 0.407 e. The molecule has 0 spiro atoms. The number of benzene rings is 1. The summed E-state index contributed by atoms with van der Waals surface area (Å²) in [7, 11) is 0. The van der Waals surface area contributed by atoms with Crippen LogP contribution < -0.4 is 5.32 Å². The van der Waals surface area contributed by atoms with E-state index in [1.165, 1.54) is 18.2 Å². The van der Waals surface area contributed by atoms with Crippen LogP contribution in [0.5, 0.6) is 0 Å². The SMILES string of the molecule is Cc1cc(C(O)C(O)CNC(=O)OC(C)(C)C)ccc1C(=O)O. The Morgan fingerprint density at radius 1 is 1.26 bits per heavy atom. The number of alkyl carbamates (subject to hydrolysis) is 1. The van der Waals surface area contributed by atoms with Crippen molar-refractivity contribution in [2.24, 2.45) is 0 Å². The Kier molecular flexibility index (Phi) is 6.12. The Labute approximate surface area is 134 Å². The van der Waals surface area contributed by atoms with E-state index in [1.54, 1.807) is 27.7 Å². The Morgan fingerprint density at radius 3 is 2.35 bits per heavy atom. The van der Waals surface area contributed by atoms with Gasteiger partial charge in [0.25, 0.3) is 0 Å². The van der Waals surface area contributed by atoms with E-state index in [1.807, 2.05) is 0 Å². The van der Waals surface area contributed by atoms with Crippen LogP contribution in [-0.2, 0) is 4.74 Å². The van der Waals surface area contributed by atoms with Gasteiger partial charge >= 0.3 is 12.1 Å². The number of amides is 1. The molecule has 1 aromatic rings. The van der Waals surface area contributed by atoms with Gasteiger partial charge in [-0.05, 0) is 44.9 Å². The van der Waals surface area contributed by atoms with E-state index in [0.29, 0.717) is 11.1 Å². The van der Waals surface area contributed by atoms with Gasteiger partial charge in [-0.25, -0.2) is 9.59 Å².